The van der Waals surface area contributed by atoms with Crippen molar-refractivity contribution < 1.29 is 32.5 Å². The second-order valence-electron chi connectivity index (χ2n) is 58.6. The van der Waals surface area contributed by atoms with Crippen LogP contribution in [0.15, 0.2) is 89.3 Å². The van der Waals surface area contributed by atoms with Crippen LogP contribution in [0, 0.1) is 81.7 Å². The quantitative estimate of drug-likeness (QED) is 0.116. The lowest BCUT2D eigenvalue weighted by Gasteiger charge is -2.41. The molecule has 4 fully saturated rings. The number of methoxy groups -OCH3 is 2. The Bertz CT molecular complexity index is 3590. The minimum atomic E-state index is -0.240. The van der Waals surface area contributed by atoms with E-state index in [1.165, 1.54) is 138 Å². The Hall–Kier alpha value is -4.29. The number of para-hydroxylation sites is 1. The van der Waals surface area contributed by atoms with Crippen molar-refractivity contribution in [1.29, 1.82) is 0 Å². The molecule has 12 heteroatoms. The first-order chi connectivity index (χ1) is 63.1. The molecule has 0 atom stereocenters. The van der Waals surface area contributed by atoms with Gasteiger partial charge in [-0.05, 0) is 406 Å². The third kappa shape index (κ3) is 110. The van der Waals surface area contributed by atoms with Crippen LogP contribution in [0.2, 0.25) is 0 Å². The fourth-order valence-corrected chi connectivity index (χ4v) is 14.2. The summed E-state index contributed by atoms with van der Waals surface area (Å²) in [6.45, 7) is 138. The molecule has 1 saturated heterocycles. The molecular formula is C130H254FN5O6. The van der Waals surface area contributed by atoms with E-state index in [0.29, 0.717) is 60.3 Å². The Morgan fingerprint density at radius 1 is 0.430 bits per heavy atom. The SMILES string of the molecule is CC#CCCOC(C)(C)C.CC(C)(C)C1CC1.CC(C)(C)C1CCC1.CC(C)(C)C1CCCC1.CC(C)(C)CC(C)(C)C.CC(C)(C)NC(C)(C)C.CC(C)(C)Oc1ccc(F)cc1.CC(C)(C)c1ccccc1.CCC(C)(C)C.CCCCNC(C)(C)C.CCOC(C)(C)C.CN1CCN(C(C)(C)C)CC1.CNC(C)(C)C.COC(C)(C)C.COc1ccccc1C(C)(C)C.Cc1cc(C(C)(C)C)c(C)o1. The van der Waals surface area contributed by atoms with Gasteiger partial charge in [0.15, 0.2) is 0 Å². The van der Waals surface area contributed by atoms with E-state index in [0.717, 1.165) is 61.2 Å². The average molecular weight is 2000 g/mol. The zero-order valence-electron chi connectivity index (χ0n) is 108. The molecular weight excluding hydrogens is 1750 g/mol. The van der Waals surface area contributed by atoms with E-state index in [1.54, 1.807) is 26.4 Å². The minimum Gasteiger partial charge on any atom is -0.496 e. The summed E-state index contributed by atoms with van der Waals surface area (Å²) in [4.78, 5) is 4.94. The molecule has 0 unspecified atom stereocenters. The number of piperazine rings is 1. The molecule has 1 aliphatic heterocycles. The van der Waals surface area contributed by atoms with Gasteiger partial charge in [0, 0.05) is 74.0 Å². The summed E-state index contributed by atoms with van der Waals surface area (Å²) in [7, 11) is 7.57. The highest BCUT2D eigenvalue weighted by atomic mass is 19.1. The van der Waals surface area contributed by atoms with Crippen molar-refractivity contribution in [2.45, 2.75) is 572 Å². The van der Waals surface area contributed by atoms with Crippen LogP contribution in [-0.4, -0.2) is 134 Å². The van der Waals surface area contributed by atoms with Gasteiger partial charge in [0.25, 0.3) is 0 Å². The number of unbranched alkanes of at least 4 members (excludes halogenated alkanes) is 1. The maximum absolute atomic E-state index is 12.5. The summed E-state index contributed by atoms with van der Waals surface area (Å²) >= 11 is 0. The first-order valence-corrected chi connectivity index (χ1v) is 55.2. The Morgan fingerprint density at radius 2 is 0.803 bits per heavy atom. The zero-order chi connectivity index (χ0) is 114. The fraction of sp³-hybridized carbons (Fsp3) is 0.815. The van der Waals surface area contributed by atoms with E-state index in [9.17, 15) is 4.39 Å². The summed E-state index contributed by atoms with van der Waals surface area (Å²) in [6, 6.07) is 26.9. The lowest BCUT2D eigenvalue weighted by Crippen LogP contribution is -2.52. The van der Waals surface area contributed by atoms with Crippen LogP contribution in [0.25, 0.3) is 0 Å². The number of benzene rings is 3. The first kappa shape index (κ1) is 153. The number of ether oxygens (including phenoxy) is 5. The lowest BCUT2D eigenvalue weighted by molar-refractivity contribution is 0.000546. The zero-order valence-corrected chi connectivity index (χ0v) is 108. The number of likely N-dealkylation sites (N-methyl/N-ethyl adjacent to an activating group) is 1. The van der Waals surface area contributed by atoms with Crippen LogP contribution in [0.3, 0.4) is 0 Å². The van der Waals surface area contributed by atoms with E-state index >= 15 is 0 Å². The van der Waals surface area contributed by atoms with Gasteiger partial charge in [0.05, 0.1) is 30.5 Å². The largest absolute Gasteiger partial charge is 0.496 e. The molecule has 4 aliphatic rings. The van der Waals surface area contributed by atoms with E-state index in [1.807, 2.05) is 115 Å². The highest BCUT2D eigenvalue weighted by Gasteiger charge is 2.34. The van der Waals surface area contributed by atoms with Gasteiger partial charge in [0.2, 0.25) is 0 Å². The van der Waals surface area contributed by atoms with E-state index in [2.05, 4.69) is 413 Å². The van der Waals surface area contributed by atoms with Crippen LogP contribution in [0.4, 0.5) is 4.39 Å². The molecule has 0 radical (unpaired) electrons. The van der Waals surface area contributed by atoms with Crippen molar-refractivity contribution in [2.75, 3.05) is 74.3 Å². The molecule has 842 valence electrons. The standard InChI is InChI=1S/C11H16O.C10H13FO.C10H16O.C10H14.C9H20N2.C9H16O.C9H18.C9H20.2C8H19N.C8H16.C7H14.C6H14O.C6H14.C5H13N.C5H12O/c1-11(2,3)9-7-5-6-8-10(9)12-4;1-10(2,3)12-9-6-4-8(11)5-7-9;1-7-6-9(8(2)11-7)10(3,4)5;1-10(2,3)9-7-5-4-6-8-9;1-9(2,3)11-7-5-10(4)6-8-11;1-5-6-7-8-10-9(2,3)4;1-9(2,3)8-6-4-5-7-8;1-8(2,3)7-9(4,5)6;1-7(2,3)9-8(4,5)6;1-5-6-7-9-8(2,3)4;1-8(2,3)7-5-4-6-7;1-7(2,3)6-4-5-6;1-5-7-6(2,3)4;1-5-6(2,3)4;2*1-5(2,3)6-4/h5-8H,1-4H3;4-7H,1-3H3;6H,1-5H3;4-8H,1-3H3;5-8H2,1-4H3;7-8H2,1-4H3;8H,4-7H2,1-3H3;7H2,1-6H3;9H,1-6H3;9H,5-7H2,1-4H3;7H,4-6H2,1-3H3;6H,4-5H2,1-3H3;5H2,1-4H3;5H2,1-4H3;6H,1-4H3;1-4H3. The summed E-state index contributed by atoms with van der Waals surface area (Å²) in [5, 5.41) is 9.99. The predicted octanol–water partition coefficient (Wildman–Crippen LogP) is 38.4. The molecule has 0 amide bonds. The average Bonchev–Trinajstić information content (AvgIpc) is 1.63. The Labute approximate surface area is 891 Å². The molecule has 0 bridgehead atoms. The van der Waals surface area contributed by atoms with Crippen LogP contribution in [0.5, 0.6) is 11.5 Å². The topological polar surface area (TPSA) is 102 Å². The number of aryl methyl sites for hydroxylation is 2. The van der Waals surface area contributed by atoms with Crippen molar-refractivity contribution >= 4 is 0 Å². The highest BCUT2D eigenvalue weighted by Crippen LogP contribution is 2.45. The number of nitrogens with zero attached hydrogens (tertiary/aromatic N) is 2. The molecule has 4 aromatic rings. The maximum atomic E-state index is 12.5. The normalized spacial score (nSPS) is 14.8. The maximum Gasteiger partial charge on any atom is 0.123 e. The molecule has 142 heavy (non-hydrogen) atoms. The third-order valence-corrected chi connectivity index (χ3v) is 22.7. The van der Waals surface area contributed by atoms with Crippen molar-refractivity contribution in [3.8, 4) is 23.3 Å². The lowest BCUT2D eigenvalue weighted by atomic mass is 9.69. The number of hydrogen-bond acceptors (Lipinski definition) is 11. The van der Waals surface area contributed by atoms with E-state index < -0.39 is 0 Å². The highest BCUT2D eigenvalue weighted by molar-refractivity contribution is 5.38. The van der Waals surface area contributed by atoms with Gasteiger partial charge in [-0.15, -0.1) is 11.8 Å². The summed E-state index contributed by atoms with van der Waals surface area (Å²) in [6.07, 6.45) is 19.2. The minimum absolute atomic E-state index is 0.0184. The molecule has 8 rings (SSSR count). The predicted molar refractivity (Wildman–Crippen MR) is 639 cm³/mol. The second kappa shape index (κ2) is 70.7. The third-order valence-electron chi connectivity index (χ3n) is 22.7. The molecule has 1 aromatic heterocycles. The summed E-state index contributed by atoms with van der Waals surface area (Å²) in [5.41, 5.74) is 9.20. The van der Waals surface area contributed by atoms with Crippen LogP contribution < -0.4 is 25.4 Å². The van der Waals surface area contributed by atoms with Crippen molar-refractivity contribution in [1.82, 2.24) is 25.8 Å². The molecule has 0 spiro atoms. The summed E-state index contributed by atoms with van der Waals surface area (Å²) in [5.74, 6) is 12.4. The Morgan fingerprint density at radius 3 is 1.00 bits per heavy atom. The van der Waals surface area contributed by atoms with Crippen molar-refractivity contribution in [3.05, 3.63) is 119 Å². The van der Waals surface area contributed by atoms with Gasteiger partial charge in [-0.25, -0.2) is 4.39 Å². The number of hydrogen-bond donors (Lipinski definition) is 3. The smallest absolute Gasteiger partial charge is 0.123 e. The number of rotatable bonds is 8. The van der Waals surface area contributed by atoms with Gasteiger partial charge >= 0.3 is 0 Å². The number of furan rings is 1. The van der Waals surface area contributed by atoms with Gasteiger partial charge < -0.3 is 49.0 Å². The first-order valence-electron chi connectivity index (χ1n) is 55.2. The molecule has 3 aromatic carbocycles. The van der Waals surface area contributed by atoms with Crippen LogP contribution in [0.1, 0.15) is 520 Å². The van der Waals surface area contributed by atoms with Crippen LogP contribution in [-0.2, 0) is 30.5 Å². The molecule has 3 N–H and O–H groups in total. The molecule has 2 heterocycles. The Kier molecular flexibility index (Phi) is 76.2. The van der Waals surface area contributed by atoms with Crippen molar-refractivity contribution in [2.24, 2.45) is 50.2 Å². The van der Waals surface area contributed by atoms with Gasteiger partial charge in [0.1, 0.15) is 34.4 Å². The van der Waals surface area contributed by atoms with Crippen molar-refractivity contribution in [3.63, 3.8) is 0 Å². The van der Waals surface area contributed by atoms with Gasteiger partial charge in [-0.1, -0.05) is 281 Å². The fourth-order valence-electron chi connectivity index (χ4n) is 14.2. The van der Waals surface area contributed by atoms with Crippen LogP contribution >= 0.6 is 0 Å². The molecule has 3 saturated carbocycles. The monoisotopic (exact) mass is 2000 g/mol. The number of halogens is 1. The second-order valence-corrected chi connectivity index (χ2v) is 58.6. The van der Waals surface area contributed by atoms with E-state index in [-0.39, 0.29) is 50.1 Å². The molecule has 11 nitrogen and oxygen atoms in total. The molecule has 3 aliphatic carbocycles. The van der Waals surface area contributed by atoms with Gasteiger partial charge in [-0.2, -0.15) is 0 Å². The Balaban J connectivity index is -0.000000226. The summed E-state index contributed by atoms with van der Waals surface area (Å²) < 4.78 is 44.3. The number of nitrogens with one attached hydrogen (secondary N) is 3. The van der Waals surface area contributed by atoms with Gasteiger partial charge in [-0.3, -0.25) is 4.90 Å². The van der Waals surface area contributed by atoms with E-state index in [4.69, 9.17) is 28.1 Å².